The van der Waals surface area contributed by atoms with E-state index in [9.17, 15) is 5.11 Å². The Morgan fingerprint density at radius 1 is 1.29 bits per heavy atom. The van der Waals surface area contributed by atoms with Crippen molar-refractivity contribution in [2.24, 2.45) is 0 Å². The third kappa shape index (κ3) is 2.53. The van der Waals surface area contributed by atoms with E-state index in [1.807, 2.05) is 6.07 Å². The van der Waals surface area contributed by atoms with Gasteiger partial charge < -0.3 is 19.3 Å². The van der Waals surface area contributed by atoms with Crippen LogP contribution in [-0.2, 0) is 4.74 Å². The van der Waals surface area contributed by atoms with Crippen molar-refractivity contribution >= 4 is 0 Å². The van der Waals surface area contributed by atoms with Gasteiger partial charge in [-0.2, -0.15) is 0 Å². The summed E-state index contributed by atoms with van der Waals surface area (Å²) in [5, 5.41) is 10.2. The lowest BCUT2D eigenvalue weighted by Gasteiger charge is -2.19. The van der Waals surface area contributed by atoms with E-state index in [4.69, 9.17) is 14.2 Å². The predicted octanol–water partition coefficient (Wildman–Crippen LogP) is 1.92. The largest absolute Gasteiger partial charge is 0.493 e. The van der Waals surface area contributed by atoms with Gasteiger partial charge in [-0.3, -0.25) is 0 Å². The Morgan fingerprint density at radius 2 is 2.06 bits per heavy atom. The van der Waals surface area contributed by atoms with Crippen LogP contribution in [0.5, 0.6) is 11.5 Å². The molecule has 0 aromatic heterocycles. The van der Waals surface area contributed by atoms with Crippen LogP contribution in [-0.4, -0.2) is 32.0 Å². The van der Waals surface area contributed by atoms with E-state index >= 15 is 0 Å². The van der Waals surface area contributed by atoms with Gasteiger partial charge in [-0.25, -0.2) is 0 Å². The zero-order valence-corrected chi connectivity index (χ0v) is 10.2. The van der Waals surface area contributed by atoms with E-state index in [1.165, 1.54) is 0 Å². The van der Waals surface area contributed by atoms with Crippen molar-refractivity contribution < 1.29 is 19.3 Å². The second-order valence-electron chi connectivity index (χ2n) is 4.11. The summed E-state index contributed by atoms with van der Waals surface area (Å²) in [7, 11) is 3.17. The first kappa shape index (κ1) is 12.2. The molecule has 4 nitrogen and oxygen atoms in total. The Hall–Kier alpha value is -1.26. The fraction of sp³-hybridized carbons (Fsp3) is 0.538. The Bertz CT molecular complexity index is 372. The van der Waals surface area contributed by atoms with Crippen LogP contribution in [0.1, 0.15) is 24.5 Å². The first-order valence-electron chi connectivity index (χ1n) is 5.78. The number of methoxy groups -OCH3 is 2. The van der Waals surface area contributed by atoms with Crippen LogP contribution >= 0.6 is 0 Å². The van der Waals surface area contributed by atoms with Gasteiger partial charge in [0, 0.05) is 6.61 Å². The van der Waals surface area contributed by atoms with Crippen molar-refractivity contribution in [1.29, 1.82) is 0 Å². The zero-order chi connectivity index (χ0) is 12.3. The molecule has 4 heteroatoms. The summed E-state index contributed by atoms with van der Waals surface area (Å²) in [6.45, 7) is 0.731. The minimum Gasteiger partial charge on any atom is -0.493 e. The maximum atomic E-state index is 10.2. The third-order valence-corrected chi connectivity index (χ3v) is 3.07. The molecule has 1 aromatic carbocycles. The van der Waals surface area contributed by atoms with Crippen LogP contribution in [0.15, 0.2) is 18.2 Å². The van der Waals surface area contributed by atoms with Crippen LogP contribution in [0.3, 0.4) is 0 Å². The number of rotatable bonds is 4. The summed E-state index contributed by atoms with van der Waals surface area (Å²) in [6, 6.07) is 5.44. The van der Waals surface area contributed by atoms with Crippen molar-refractivity contribution in [3.8, 4) is 11.5 Å². The topological polar surface area (TPSA) is 47.9 Å². The van der Waals surface area contributed by atoms with Crippen molar-refractivity contribution in [2.45, 2.75) is 25.0 Å². The normalized spacial score (nSPS) is 21.2. The van der Waals surface area contributed by atoms with Crippen LogP contribution in [0.4, 0.5) is 0 Å². The van der Waals surface area contributed by atoms with Gasteiger partial charge in [-0.15, -0.1) is 0 Å². The Balaban J connectivity index is 2.20. The number of hydrogen-bond acceptors (Lipinski definition) is 4. The smallest absolute Gasteiger partial charge is 0.161 e. The molecule has 2 atom stereocenters. The van der Waals surface area contributed by atoms with Crippen molar-refractivity contribution in [1.82, 2.24) is 0 Å². The van der Waals surface area contributed by atoms with Crippen molar-refractivity contribution in [2.75, 3.05) is 20.8 Å². The molecule has 0 spiro atoms. The second kappa shape index (κ2) is 5.38. The molecule has 2 rings (SSSR count). The molecule has 2 unspecified atom stereocenters. The highest BCUT2D eigenvalue weighted by atomic mass is 16.5. The zero-order valence-electron chi connectivity index (χ0n) is 10.2. The summed E-state index contributed by atoms with van der Waals surface area (Å²) in [4.78, 5) is 0. The van der Waals surface area contributed by atoms with Gasteiger partial charge in [0.2, 0.25) is 0 Å². The molecule has 1 aliphatic rings. The molecular formula is C13H18O4. The maximum Gasteiger partial charge on any atom is 0.161 e. The molecule has 1 N–H and O–H groups in total. The van der Waals surface area contributed by atoms with Crippen LogP contribution in [0, 0.1) is 0 Å². The fourth-order valence-corrected chi connectivity index (χ4v) is 2.10. The Morgan fingerprint density at radius 3 is 2.65 bits per heavy atom. The van der Waals surface area contributed by atoms with E-state index in [-0.39, 0.29) is 6.10 Å². The summed E-state index contributed by atoms with van der Waals surface area (Å²) in [6.07, 6.45) is 1.20. The van der Waals surface area contributed by atoms with Gasteiger partial charge in [0.05, 0.1) is 20.3 Å². The molecule has 1 heterocycles. The number of ether oxygens (including phenoxy) is 3. The van der Waals surface area contributed by atoms with Gasteiger partial charge in [0.25, 0.3) is 0 Å². The summed E-state index contributed by atoms with van der Waals surface area (Å²) in [5.74, 6) is 1.29. The van der Waals surface area contributed by atoms with Gasteiger partial charge >= 0.3 is 0 Å². The molecule has 1 saturated heterocycles. The highest BCUT2D eigenvalue weighted by Gasteiger charge is 2.26. The molecule has 0 bridgehead atoms. The maximum absolute atomic E-state index is 10.2. The number of aliphatic hydroxyl groups is 1. The van der Waals surface area contributed by atoms with E-state index in [2.05, 4.69) is 0 Å². The van der Waals surface area contributed by atoms with E-state index in [0.717, 1.165) is 25.0 Å². The summed E-state index contributed by atoms with van der Waals surface area (Å²) < 4.78 is 15.8. The van der Waals surface area contributed by atoms with Gasteiger partial charge in [0.15, 0.2) is 11.5 Å². The lowest BCUT2D eigenvalue weighted by molar-refractivity contribution is -0.00269. The Labute approximate surface area is 101 Å². The first-order valence-corrected chi connectivity index (χ1v) is 5.78. The standard InChI is InChI=1S/C13H18O4/c1-15-10-6-5-9(8-12(10)16-2)13(14)11-4-3-7-17-11/h5-6,8,11,13-14H,3-4,7H2,1-2H3. The molecule has 1 aromatic rings. The van der Waals surface area contributed by atoms with Gasteiger partial charge in [-0.05, 0) is 30.5 Å². The highest BCUT2D eigenvalue weighted by molar-refractivity contribution is 5.43. The molecule has 0 radical (unpaired) electrons. The molecule has 94 valence electrons. The quantitative estimate of drug-likeness (QED) is 0.870. The highest BCUT2D eigenvalue weighted by Crippen LogP contribution is 2.33. The lowest BCUT2D eigenvalue weighted by atomic mass is 10.0. The average molecular weight is 238 g/mol. The molecule has 0 aliphatic carbocycles. The van der Waals surface area contributed by atoms with Crippen LogP contribution in [0.2, 0.25) is 0 Å². The predicted molar refractivity (Wildman–Crippen MR) is 63.5 cm³/mol. The molecule has 0 amide bonds. The number of aliphatic hydroxyl groups excluding tert-OH is 1. The average Bonchev–Trinajstić information content (AvgIpc) is 2.90. The molecule has 1 fully saturated rings. The molecule has 1 aliphatic heterocycles. The molecule has 17 heavy (non-hydrogen) atoms. The van der Waals surface area contributed by atoms with Gasteiger partial charge in [0.1, 0.15) is 6.10 Å². The molecule has 0 saturated carbocycles. The number of hydrogen-bond donors (Lipinski definition) is 1. The van der Waals surface area contributed by atoms with E-state index < -0.39 is 6.10 Å². The van der Waals surface area contributed by atoms with E-state index in [0.29, 0.717) is 11.5 Å². The monoisotopic (exact) mass is 238 g/mol. The second-order valence-corrected chi connectivity index (χ2v) is 4.11. The van der Waals surface area contributed by atoms with Crippen molar-refractivity contribution in [3.05, 3.63) is 23.8 Å². The lowest BCUT2D eigenvalue weighted by Crippen LogP contribution is -2.17. The summed E-state index contributed by atoms with van der Waals surface area (Å²) >= 11 is 0. The molecular weight excluding hydrogens is 220 g/mol. The third-order valence-electron chi connectivity index (χ3n) is 3.07. The first-order chi connectivity index (χ1) is 8.26. The Kier molecular flexibility index (Phi) is 3.86. The fourth-order valence-electron chi connectivity index (χ4n) is 2.10. The SMILES string of the molecule is COc1ccc(C(O)C2CCCO2)cc1OC. The van der Waals surface area contributed by atoms with Crippen LogP contribution < -0.4 is 9.47 Å². The van der Waals surface area contributed by atoms with E-state index in [1.54, 1.807) is 26.4 Å². The van der Waals surface area contributed by atoms with Crippen LogP contribution in [0.25, 0.3) is 0 Å². The van der Waals surface area contributed by atoms with Crippen molar-refractivity contribution in [3.63, 3.8) is 0 Å². The number of benzene rings is 1. The summed E-state index contributed by atoms with van der Waals surface area (Å²) in [5.41, 5.74) is 0.801. The minimum absolute atomic E-state index is 0.104. The minimum atomic E-state index is -0.600. The van der Waals surface area contributed by atoms with Gasteiger partial charge in [-0.1, -0.05) is 6.07 Å².